The standard InChI is InChI=1S/C15H12F3/c1-2-11-6-8-12(9-7-11)13-4-3-5-14(10-13)15(16,17)18/h3-6,8-10H,2H2,1H3. The zero-order valence-corrected chi connectivity index (χ0v) is 9.88. The number of halogens is 3. The van der Waals surface area contributed by atoms with Gasteiger partial charge < -0.3 is 0 Å². The molecule has 0 atom stereocenters. The molecular weight excluding hydrogens is 237 g/mol. The minimum absolute atomic E-state index is 0.559. The summed E-state index contributed by atoms with van der Waals surface area (Å²) in [7, 11) is 0. The van der Waals surface area contributed by atoms with Gasteiger partial charge in [-0.05, 0) is 47.4 Å². The molecule has 0 fully saturated rings. The zero-order valence-electron chi connectivity index (χ0n) is 9.88. The number of hydrogen-bond acceptors (Lipinski definition) is 0. The summed E-state index contributed by atoms with van der Waals surface area (Å²) >= 11 is 0. The number of aryl methyl sites for hydroxylation is 1. The van der Waals surface area contributed by atoms with Crippen molar-refractivity contribution in [2.24, 2.45) is 0 Å². The highest BCUT2D eigenvalue weighted by molar-refractivity contribution is 5.64. The minimum atomic E-state index is -4.30. The van der Waals surface area contributed by atoms with Gasteiger partial charge in [-0.15, -0.1) is 0 Å². The van der Waals surface area contributed by atoms with Gasteiger partial charge in [0.25, 0.3) is 0 Å². The molecule has 0 spiro atoms. The minimum Gasteiger partial charge on any atom is -0.166 e. The van der Waals surface area contributed by atoms with Crippen LogP contribution in [0.4, 0.5) is 13.2 Å². The molecule has 0 aromatic heterocycles. The molecule has 0 heterocycles. The van der Waals surface area contributed by atoms with Crippen molar-refractivity contribution >= 4 is 0 Å². The molecule has 0 unspecified atom stereocenters. The number of benzene rings is 2. The summed E-state index contributed by atoms with van der Waals surface area (Å²) in [4.78, 5) is 0. The summed E-state index contributed by atoms with van der Waals surface area (Å²) in [5.74, 6) is 0. The van der Waals surface area contributed by atoms with Gasteiger partial charge in [-0.25, -0.2) is 0 Å². The van der Waals surface area contributed by atoms with E-state index < -0.39 is 11.7 Å². The third-order valence-electron chi connectivity index (χ3n) is 2.78. The van der Waals surface area contributed by atoms with Crippen LogP contribution in [0.5, 0.6) is 0 Å². The Hall–Kier alpha value is -1.77. The van der Waals surface area contributed by atoms with Crippen LogP contribution in [0.1, 0.15) is 18.1 Å². The normalized spacial score (nSPS) is 11.6. The second kappa shape index (κ2) is 4.84. The first-order chi connectivity index (χ1) is 8.50. The van der Waals surface area contributed by atoms with Crippen LogP contribution in [0.2, 0.25) is 0 Å². The summed E-state index contributed by atoms with van der Waals surface area (Å²) < 4.78 is 37.8. The number of alkyl halides is 3. The average molecular weight is 249 g/mol. The summed E-state index contributed by atoms with van der Waals surface area (Å²) in [5.41, 5.74) is 1.73. The third-order valence-corrected chi connectivity index (χ3v) is 2.78. The van der Waals surface area contributed by atoms with E-state index in [9.17, 15) is 13.2 Å². The molecule has 1 radical (unpaired) electrons. The molecule has 93 valence electrons. The van der Waals surface area contributed by atoms with Crippen LogP contribution in [0.15, 0.2) is 42.5 Å². The van der Waals surface area contributed by atoms with Gasteiger partial charge in [0.1, 0.15) is 0 Å². The fourth-order valence-electron chi connectivity index (χ4n) is 1.73. The molecule has 2 aromatic rings. The van der Waals surface area contributed by atoms with Crippen LogP contribution in [0.25, 0.3) is 11.1 Å². The van der Waals surface area contributed by atoms with E-state index in [1.807, 2.05) is 19.1 Å². The predicted octanol–water partition coefficient (Wildman–Crippen LogP) is 4.73. The molecule has 0 amide bonds. The second-order valence-electron chi connectivity index (χ2n) is 4.03. The summed E-state index contributed by atoms with van der Waals surface area (Å²) in [5, 5.41) is 0. The van der Waals surface area contributed by atoms with Crippen molar-refractivity contribution in [2.75, 3.05) is 0 Å². The van der Waals surface area contributed by atoms with E-state index in [1.54, 1.807) is 12.1 Å². The van der Waals surface area contributed by atoms with Gasteiger partial charge in [0, 0.05) is 0 Å². The van der Waals surface area contributed by atoms with Gasteiger partial charge in [-0.3, -0.25) is 0 Å². The van der Waals surface area contributed by atoms with Gasteiger partial charge in [0.05, 0.1) is 5.56 Å². The molecule has 2 aromatic carbocycles. The highest BCUT2D eigenvalue weighted by Crippen LogP contribution is 2.32. The SMILES string of the molecule is CCc1[c]cc(-c2cccc(C(F)(F)F)c2)cc1. The van der Waals surface area contributed by atoms with Crippen molar-refractivity contribution < 1.29 is 13.2 Å². The lowest BCUT2D eigenvalue weighted by atomic mass is 10.0. The van der Waals surface area contributed by atoms with Crippen molar-refractivity contribution in [3.8, 4) is 11.1 Å². The lowest BCUT2D eigenvalue weighted by Crippen LogP contribution is -2.04. The molecule has 3 heteroatoms. The van der Waals surface area contributed by atoms with Crippen molar-refractivity contribution in [1.29, 1.82) is 0 Å². The predicted molar refractivity (Wildman–Crippen MR) is 65.1 cm³/mol. The largest absolute Gasteiger partial charge is 0.416 e. The maximum Gasteiger partial charge on any atom is 0.416 e. The molecule has 2 rings (SSSR count). The Balaban J connectivity index is 2.38. The molecular formula is C15H12F3. The Morgan fingerprint density at radius 3 is 2.39 bits per heavy atom. The van der Waals surface area contributed by atoms with E-state index in [2.05, 4.69) is 6.07 Å². The highest BCUT2D eigenvalue weighted by atomic mass is 19.4. The molecule has 0 nitrogen and oxygen atoms in total. The Morgan fingerprint density at radius 1 is 1.06 bits per heavy atom. The third kappa shape index (κ3) is 2.73. The van der Waals surface area contributed by atoms with E-state index in [1.165, 1.54) is 6.07 Å². The molecule has 0 aliphatic rings. The quantitative estimate of drug-likeness (QED) is 0.721. The van der Waals surface area contributed by atoms with E-state index in [-0.39, 0.29) is 0 Å². The Morgan fingerprint density at radius 2 is 1.83 bits per heavy atom. The Bertz CT molecular complexity index is 524. The van der Waals surface area contributed by atoms with Crippen LogP contribution >= 0.6 is 0 Å². The molecule has 0 aliphatic heterocycles. The molecule has 0 saturated carbocycles. The summed E-state index contributed by atoms with van der Waals surface area (Å²) in [6.07, 6.45) is -3.44. The molecule has 0 N–H and O–H groups in total. The van der Waals surface area contributed by atoms with Crippen LogP contribution in [-0.4, -0.2) is 0 Å². The Kier molecular flexibility index (Phi) is 3.41. The maximum atomic E-state index is 12.6. The van der Waals surface area contributed by atoms with Crippen molar-refractivity contribution in [3.63, 3.8) is 0 Å². The van der Waals surface area contributed by atoms with Gasteiger partial charge in [0.15, 0.2) is 0 Å². The van der Waals surface area contributed by atoms with Crippen molar-refractivity contribution in [2.45, 2.75) is 19.5 Å². The van der Waals surface area contributed by atoms with Crippen LogP contribution < -0.4 is 0 Å². The number of hydrogen-bond donors (Lipinski definition) is 0. The van der Waals surface area contributed by atoms with Crippen molar-refractivity contribution in [1.82, 2.24) is 0 Å². The molecule has 0 saturated heterocycles. The maximum absolute atomic E-state index is 12.6. The smallest absolute Gasteiger partial charge is 0.166 e. The van der Waals surface area contributed by atoms with Crippen LogP contribution in [-0.2, 0) is 12.6 Å². The number of rotatable bonds is 2. The molecule has 0 aliphatic carbocycles. The topological polar surface area (TPSA) is 0 Å². The van der Waals surface area contributed by atoms with Gasteiger partial charge in [-0.1, -0.05) is 31.2 Å². The fraction of sp³-hybridized carbons (Fsp3) is 0.200. The second-order valence-corrected chi connectivity index (χ2v) is 4.03. The monoisotopic (exact) mass is 249 g/mol. The molecule has 18 heavy (non-hydrogen) atoms. The Labute approximate surface area is 104 Å². The van der Waals surface area contributed by atoms with Crippen molar-refractivity contribution in [3.05, 3.63) is 59.7 Å². The highest BCUT2D eigenvalue weighted by Gasteiger charge is 2.30. The summed E-state index contributed by atoms with van der Waals surface area (Å²) in [6, 6.07) is 13.8. The van der Waals surface area contributed by atoms with Crippen LogP contribution in [0, 0.1) is 6.07 Å². The van der Waals surface area contributed by atoms with Gasteiger partial charge in [0.2, 0.25) is 0 Å². The summed E-state index contributed by atoms with van der Waals surface area (Å²) in [6.45, 7) is 2.01. The first-order valence-corrected chi connectivity index (χ1v) is 5.69. The van der Waals surface area contributed by atoms with E-state index in [0.717, 1.165) is 29.7 Å². The average Bonchev–Trinajstić information content (AvgIpc) is 2.38. The first-order valence-electron chi connectivity index (χ1n) is 5.69. The van der Waals surface area contributed by atoms with Gasteiger partial charge >= 0.3 is 6.18 Å². The van der Waals surface area contributed by atoms with Gasteiger partial charge in [-0.2, -0.15) is 13.2 Å². The first kappa shape index (κ1) is 12.7. The lowest BCUT2D eigenvalue weighted by Gasteiger charge is -2.09. The zero-order chi connectivity index (χ0) is 13.2. The van der Waals surface area contributed by atoms with E-state index >= 15 is 0 Å². The lowest BCUT2D eigenvalue weighted by molar-refractivity contribution is -0.137. The fourth-order valence-corrected chi connectivity index (χ4v) is 1.73. The van der Waals surface area contributed by atoms with E-state index in [4.69, 9.17) is 0 Å². The van der Waals surface area contributed by atoms with E-state index in [0.29, 0.717) is 5.56 Å². The molecule has 0 bridgehead atoms. The van der Waals surface area contributed by atoms with Crippen LogP contribution in [0.3, 0.4) is 0 Å².